The zero-order chi connectivity index (χ0) is 7.40. The van der Waals surface area contributed by atoms with E-state index in [2.05, 4.69) is 0 Å². The van der Waals surface area contributed by atoms with E-state index in [1.165, 1.54) is 26.2 Å². The van der Waals surface area contributed by atoms with Crippen molar-refractivity contribution >= 4 is 5.97 Å². The Kier molecular flexibility index (Phi) is 9.36. The second-order valence-electron chi connectivity index (χ2n) is 2.87. The molecule has 0 aromatic heterocycles. The van der Waals surface area contributed by atoms with Crippen LogP contribution in [0.25, 0.3) is 0 Å². The van der Waals surface area contributed by atoms with Crippen LogP contribution in [0.3, 0.4) is 0 Å². The molecule has 0 aromatic rings. The molecule has 0 unspecified atom stereocenters. The molecule has 12 heavy (non-hydrogen) atoms. The normalized spacial score (nSPS) is 17.1. The Morgan fingerprint density at radius 2 is 1.75 bits per heavy atom. The van der Waals surface area contributed by atoms with Crippen molar-refractivity contribution in [3.8, 4) is 0 Å². The van der Waals surface area contributed by atoms with Crippen molar-refractivity contribution in [2.45, 2.75) is 45.1 Å². The van der Waals surface area contributed by atoms with E-state index in [4.69, 9.17) is 4.74 Å². The quantitative estimate of drug-likeness (QED) is 0.292. The zero-order valence-corrected chi connectivity index (χ0v) is 8.43. The largest absolute Gasteiger partial charge is 1.00 e. The molecule has 0 heterocycles. The van der Waals surface area contributed by atoms with E-state index in [0.29, 0.717) is 0 Å². The summed E-state index contributed by atoms with van der Waals surface area (Å²) in [5, 5.41) is 0. The summed E-state index contributed by atoms with van der Waals surface area (Å²) in [4.78, 5) is 10.5. The van der Waals surface area contributed by atoms with Crippen molar-refractivity contribution in [3.63, 3.8) is 0 Å². The first-order valence-corrected chi connectivity index (χ1v) is 3.96. The summed E-state index contributed by atoms with van der Waals surface area (Å²) in [7, 11) is 0. The Balaban J connectivity index is 0. The van der Waals surface area contributed by atoms with Crippen LogP contribution in [-0.2, 0) is 9.53 Å². The molecule has 1 aliphatic rings. The van der Waals surface area contributed by atoms with Crippen LogP contribution in [-0.4, -0.2) is 12.1 Å². The Morgan fingerprint density at radius 1 is 1.25 bits per heavy atom. The van der Waals surface area contributed by atoms with Gasteiger partial charge < -0.3 is 12.2 Å². The van der Waals surface area contributed by atoms with Crippen molar-refractivity contribution in [1.82, 2.24) is 0 Å². The van der Waals surface area contributed by atoms with Crippen molar-refractivity contribution < 1.29 is 28.4 Å². The number of esters is 1. The van der Waals surface area contributed by atoms with Crippen LogP contribution in [0.1, 0.15) is 39.0 Å². The average Bonchev–Trinajstić information content (AvgIpc) is 1.88. The van der Waals surface area contributed by atoms with Crippen molar-refractivity contribution in [2.24, 2.45) is 0 Å². The van der Waals surface area contributed by atoms with Gasteiger partial charge in [0.25, 0.3) is 0 Å². The molecule has 1 rings (SSSR count). The summed E-state index contributed by atoms with van der Waals surface area (Å²) < 4.78 is 5.05. The molecule has 66 valence electrons. The van der Waals surface area contributed by atoms with Crippen LogP contribution in [0, 0.1) is 7.43 Å². The van der Waals surface area contributed by atoms with Crippen LogP contribution in [0.15, 0.2) is 0 Å². The summed E-state index contributed by atoms with van der Waals surface area (Å²) in [6.07, 6.45) is 6.11. The molecule has 1 saturated carbocycles. The van der Waals surface area contributed by atoms with Gasteiger partial charge in [0.2, 0.25) is 0 Å². The van der Waals surface area contributed by atoms with E-state index in [9.17, 15) is 4.79 Å². The number of ether oxygens (including phenoxy) is 1. The minimum Gasteiger partial charge on any atom is -0.463 e. The maximum Gasteiger partial charge on any atom is 1.00 e. The van der Waals surface area contributed by atoms with Crippen LogP contribution in [0.4, 0.5) is 0 Å². The first-order valence-electron chi connectivity index (χ1n) is 3.96. The van der Waals surface area contributed by atoms with Crippen LogP contribution in [0.2, 0.25) is 0 Å². The fourth-order valence-electron chi connectivity index (χ4n) is 1.42. The molecule has 0 radical (unpaired) electrons. The fourth-order valence-corrected chi connectivity index (χ4v) is 1.42. The predicted molar refractivity (Wildman–Crippen MR) is 45.1 cm³/mol. The fraction of sp³-hybridized carbons (Fsp3) is 0.778. The third kappa shape index (κ3) is 5.68. The van der Waals surface area contributed by atoms with Gasteiger partial charge in [-0.3, -0.25) is 4.79 Å². The molecule has 0 amide bonds. The van der Waals surface area contributed by atoms with E-state index in [-0.39, 0.29) is 38.4 Å². The summed E-state index contributed by atoms with van der Waals surface area (Å²) in [5.41, 5.74) is 0. The van der Waals surface area contributed by atoms with Crippen molar-refractivity contribution in [2.75, 3.05) is 0 Å². The Morgan fingerprint density at radius 3 is 2.17 bits per heavy atom. The van der Waals surface area contributed by atoms with E-state index < -0.39 is 0 Å². The maximum absolute atomic E-state index is 10.5. The molecule has 0 bridgehead atoms. The number of carbonyl (C=O) groups is 1. The molecule has 0 aliphatic heterocycles. The van der Waals surface area contributed by atoms with Gasteiger partial charge in [0.1, 0.15) is 6.10 Å². The van der Waals surface area contributed by atoms with Gasteiger partial charge in [0.05, 0.1) is 0 Å². The number of hydrogen-bond acceptors (Lipinski definition) is 2. The Hall–Kier alpha value is 0.0674. The molecule has 2 nitrogen and oxygen atoms in total. The number of rotatable bonds is 1. The molecular weight excluding hydrogens is 147 g/mol. The maximum atomic E-state index is 10.5. The SMILES string of the molecule is CC(=O)OC1CCCCC1.[CH3-].[Li+]. The number of carbonyl (C=O) groups excluding carboxylic acids is 1. The molecule has 0 atom stereocenters. The van der Waals surface area contributed by atoms with Crippen molar-refractivity contribution in [3.05, 3.63) is 7.43 Å². The summed E-state index contributed by atoms with van der Waals surface area (Å²) >= 11 is 0. The first kappa shape index (κ1) is 14.6. The monoisotopic (exact) mass is 164 g/mol. The van der Waals surface area contributed by atoms with Gasteiger partial charge in [-0.2, -0.15) is 0 Å². The molecular formula is C9H17LiO2. The summed E-state index contributed by atoms with van der Waals surface area (Å²) in [5.74, 6) is -0.132. The summed E-state index contributed by atoms with van der Waals surface area (Å²) in [6, 6.07) is 0. The standard InChI is InChI=1S/C8H14O2.CH3.Li/c1-7(9)10-8-5-3-2-4-6-8;;/h8H,2-6H2,1H3;1H3;/q;-1;+1. The third-order valence-corrected chi connectivity index (χ3v) is 1.88. The molecule has 3 heteroatoms. The smallest absolute Gasteiger partial charge is 0.463 e. The topological polar surface area (TPSA) is 26.3 Å². The molecule has 0 aromatic carbocycles. The van der Waals surface area contributed by atoms with Gasteiger partial charge in [0, 0.05) is 6.92 Å². The molecule has 1 fully saturated rings. The van der Waals surface area contributed by atoms with Gasteiger partial charge in [-0.15, -0.1) is 0 Å². The van der Waals surface area contributed by atoms with Crippen LogP contribution in [0.5, 0.6) is 0 Å². The van der Waals surface area contributed by atoms with Crippen molar-refractivity contribution in [1.29, 1.82) is 0 Å². The van der Waals surface area contributed by atoms with Crippen LogP contribution >= 0.6 is 0 Å². The molecule has 0 N–H and O–H groups in total. The van der Waals surface area contributed by atoms with Crippen LogP contribution < -0.4 is 18.9 Å². The van der Waals surface area contributed by atoms with Gasteiger partial charge in [-0.1, -0.05) is 6.42 Å². The van der Waals surface area contributed by atoms with Gasteiger partial charge in [-0.05, 0) is 25.7 Å². The van der Waals surface area contributed by atoms with E-state index in [0.717, 1.165) is 12.8 Å². The minimum atomic E-state index is -0.132. The molecule has 0 saturated heterocycles. The second kappa shape index (κ2) is 7.70. The van der Waals surface area contributed by atoms with E-state index >= 15 is 0 Å². The Bertz CT molecular complexity index is 120. The molecule has 0 spiro atoms. The predicted octanol–water partition coefficient (Wildman–Crippen LogP) is -0.664. The number of hydrogen-bond donors (Lipinski definition) is 0. The minimum absolute atomic E-state index is 0. The second-order valence-corrected chi connectivity index (χ2v) is 2.87. The zero-order valence-electron chi connectivity index (χ0n) is 8.43. The van der Waals surface area contributed by atoms with Gasteiger partial charge >= 0.3 is 24.8 Å². The van der Waals surface area contributed by atoms with E-state index in [1.807, 2.05) is 0 Å². The average molecular weight is 164 g/mol. The third-order valence-electron chi connectivity index (χ3n) is 1.88. The first-order chi connectivity index (χ1) is 4.79. The van der Waals surface area contributed by atoms with Gasteiger partial charge in [0.15, 0.2) is 0 Å². The molecule has 1 aliphatic carbocycles. The van der Waals surface area contributed by atoms with Gasteiger partial charge in [-0.25, -0.2) is 0 Å². The van der Waals surface area contributed by atoms with E-state index in [1.54, 1.807) is 0 Å². The Labute approximate surface area is 87.2 Å². The summed E-state index contributed by atoms with van der Waals surface area (Å²) in [6.45, 7) is 1.48.